The van der Waals surface area contributed by atoms with Gasteiger partial charge in [-0.3, -0.25) is 0 Å². The smallest absolute Gasteiger partial charge is 0.224 e. The minimum atomic E-state index is 0.235. The molecule has 5 nitrogen and oxygen atoms in total. The van der Waals surface area contributed by atoms with Crippen molar-refractivity contribution in [3.8, 4) is 0 Å². The van der Waals surface area contributed by atoms with E-state index >= 15 is 0 Å². The van der Waals surface area contributed by atoms with Crippen LogP contribution in [0.2, 0.25) is 5.02 Å². The van der Waals surface area contributed by atoms with E-state index in [-0.39, 0.29) is 12.1 Å². The van der Waals surface area contributed by atoms with Gasteiger partial charge < -0.3 is 15.4 Å². The molecule has 0 saturated heterocycles. The maximum absolute atomic E-state index is 6.11. The first-order valence-corrected chi connectivity index (χ1v) is 6.68. The summed E-state index contributed by atoms with van der Waals surface area (Å²) in [5, 5.41) is 6.97. The van der Waals surface area contributed by atoms with Gasteiger partial charge in [0.2, 0.25) is 5.95 Å². The second-order valence-corrected chi connectivity index (χ2v) is 4.78. The summed E-state index contributed by atoms with van der Waals surface area (Å²) < 4.78 is 5.45. The lowest BCUT2D eigenvalue weighted by Crippen LogP contribution is -2.30. The molecule has 1 aliphatic rings. The Labute approximate surface area is 112 Å². The van der Waals surface area contributed by atoms with Crippen LogP contribution in [0.15, 0.2) is 6.20 Å². The summed E-state index contributed by atoms with van der Waals surface area (Å²) in [4.78, 5) is 8.49. The Bertz CT molecular complexity index is 402. The molecule has 0 aromatic carbocycles. The number of methoxy groups -OCH3 is 1. The second kappa shape index (κ2) is 6.20. The summed E-state index contributed by atoms with van der Waals surface area (Å²) in [6.45, 7) is 2.79. The van der Waals surface area contributed by atoms with Crippen LogP contribution >= 0.6 is 11.6 Å². The highest BCUT2D eigenvalue weighted by Crippen LogP contribution is 2.27. The van der Waals surface area contributed by atoms with Crippen molar-refractivity contribution in [2.24, 2.45) is 0 Å². The van der Waals surface area contributed by atoms with E-state index in [1.54, 1.807) is 13.3 Å². The van der Waals surface area contributed by atoms with E-state index in [0.717, 1.165) is 19.4 Å². The topological polar surface area (TPSA) is 59.1 Å². The average Bonchev–Trinajstić information content (AvgIpc) is 2.81. The molecule has 100 valence electrons. The molecule has 0 spiro atoms. The fourth-order valence-electron chi connectivity index (χ4n) is 2.26. The van der Waals surface area contributed by atoms with Gasteiger partial charge in [-0.15, -0.1) is 0 Å². The third-order valence-corrected chi connectivity index (χ3v) is 3.43. The molecular weight excluding hydrogens is 252 g/mol. The van der Waals surface area contributed by atoms with Crippen LogP contribution in [0.1, 0.15) is 26.2 Å². The summed E-state index contributed by atoms with van der Waals surface area (Å²) in [6.07, 6.45) is 5.18. The molecule has 2 rings (SSSR count). The Morgan fingerprint density at radius 3 is 3.06 bits per heavy atom. The minimum Gasteiger partial charge on any atom is -0.379 e. The maximum atomic E-state index is 6.11. The molecule has 2 unspecified atom stereocenters. The normalized spacial score (nSPS) is 23.1. The van der Waals surface area contributed by atoms with Crippen molar-refractivity contribution >= 4 is 23.4 Å². The van der Waals surface area contributed by atoms with Crippen LogP contribution in [-0.2, 0) is 4.74 Å². The standard InChI is InChI=1S/C12H19ClN4O/c1-3-14-12-15-7-8(13)11(17-12)16-9-5-4-6-10(9)18-2/h7,9-10H,3-6H2,1-2H3,(H2,14,15,16,17). The number of rotatable bonds is 5. The van der Waals surface area contributed by atoms with Crippen LogP contribution < -0.4 is 10.6 Å². The molecule has 2 N–H and O–H groups in total. The summed E-state index contributed by atoms with van der Waals surface area (Å²) in [7, 11) is 1.75. The van der Waals surface area contributed by atoms with Crippen molar-refractivity contribution in [2.45, 2.75) is 38.3 Å². The van der Waals surface area contributed by atoms with Crippen molar-refractivity contribution in [3.63, 3.8) is 0 Å². The van der Waals surface area contributed by atoms with Crippen LogP contribution in [0.4, 0.5) is 11.8 Å². The molecule has 1 saturated carbocycles. The van der Waals surface area contributed by atoms with Gasteiger partial charge in [-0.05, 0) is 26.2 Å². The lowest BCUT2D eigenvalue weighted by Gasteiger charge is -2.20. The van der Waals surface area contributed by atoms with E-state index in [2.05, 4.69) is 20.6 Å². The number of anilines is 2. The first kappa shape index (κ1) is 13.4. The molecule has 18 heavy (non-hydrogen) atoms. The maximum Gasteiger partial charge on any atom is 0.224 e. The first-order valence-electron chi connectivity index (χ1n) is 6.30. The van der Waals surface area contributed by atoms with Crippen molar-refractivity contribution in [3.05, 3.63) is 11.2 Å². The van der Waals surface area contributed by atoms with Gasteiger partial charge in [0.1, 0.15) is 5.02 Å². The summed E-state index contributed by atoms with van der Waals surface area (Å²) >= 11 is 6.11. The van der Waals surface area contributed by atoms with Gasteiger partial charge in [-0.25, -0.2) is 4.98 Å². The molecule has 0 amide bonds. The average molecular weight is 271 g/mol. The highest BCUT2D eigenvalue weighted by atomic mass is 35.5. The van der Waals surface area contributed by atoms with Gasteiger partial charge in [0, 0.05) is 13.7 Å². The number of ether oxygens (including phenoxy) is 1. The SMILES string of the molecule is CCNc1ncc(Cl)c(NC2CCCC2OC)n1. The van der Waals surface area contributed by atoms with Gasteiger partial charge in [0.05, 0.1) is 18.3 Å². The zero-order valence-corrected chi connectivity index (χ0v) is 11.5. The predicted molar refractivity (Wildman–Crippen MR) is 73.3 cm³/mol. The van der Waals surface area contributed by atoms with Crippen LogP contribution in [-0.4, -0.2) is 35.8 Å². The number of hydrogen-bond acceptors (Lipinski definition) is 5. The molecule has 1 heterocycles. The largest absolute Gasteiger partial charge is 0.379 e. The van der Waals surface area contributed by atoms with Crippen LogP contribution in [0, 0.1) is 0 Å². The molecule has 1 aliphatic carbocycles. The number of hydrogen-bond donors (Lipinski definition) is 2. The zero-order chi connectivity index (χ0) is 13.0. The van der Waals surface area contributed by atoms with Crippen LogP contribution in [0.25, 0.3) is 0 Å². The Morgan fingerprint density at radius 1 is 1.50 bits per heavy atom. The molecule has 2 atom stereocenters. The fraction of sp³-hybridized carbons (Fsp3) is 0.667. The Morgan fingerprint density at radius 2 is 2.33 bits per heavy atom. The molecular formula is C12H19ClN4O. The lowest BCUT2D eigenvalue weighted by molar-refractivity contribution is 0.101. The number of halogens is 1. The fourth-order valence-corrected chi connectivity index (χ4v) is 2.41. The van der Waals surface area contributed by atoms with E-state index in [1.165, 1.54) is 6.42 Å². The van der Waals surface area contributed by atoms with Crippen molar-refractivity contribution < 1.29 is 4.74 Å². The van der Waals surface area contributed by atoms with Gasteiger partial charge in [-0.2, -0.15) is 4.98 Å². The number of nitrogens with one attached hydrogen (secondary N) is 2. The third kappa shape index (κ3) is 3.03. The van der Waals surface area contributed by atoms with Gasteiger partial charge in [-0.1, -0.05) is 11.6 Å². The van der Waals surface area contributed by atoms with Gasteiger partial charge >= 0.3 is 0 Å². The minimum absolute atomic E-state index is 0.235. The molecule has 0 aliphatic heterocycles. The van der Waals surface area contributed by atoms with Crippen LogP contribution in [0.5, 0.6) is 0 Å². The van der Waals surface area contributed by atoms with E-state index in [4.69, 9.17) is 16.3 Å². The van der Waals surface area contributed by atoms with Crippen molar-refractivity contribution in [1.82, 2.24) is 9.97 Å². The van der Waals surface area contributed by atoms with E-state index in [0.29, 0.717) is 16.8 Å². The predicted octanol–water partition coefficient (Wildman–Crippen LogP) is 2.54. The molecule has 1 aromatic rings. The zero-order valence-electron chi connectivity index (χ0n) is 10.7. The molecule has 0 bridgehead atoms. The monoisotopic (exact) mass is 270 g/mol. The Hall–Kier alpha value is -1.07. The number of nitrogens with zero attached hydrogens (tertiary/aromatic N) is 2. The summed E-state index contributed by atoms with van der Waals surface area (Å²) in [5.74, 6) is 1.27. The van der Waals surface area contributed by atoms with E-state index in [1.807, 2.05) is 6.92 Å². The quantitative estimate of drug-likeness (QED) is 0.861. The van der Waals surface area contributed by atoms with E-state index in [9.17, 15) is 0 Å². The Kier molecular flexibility index (Phi) is 4.60. The molecule has 1 fully saturated rings. The van der Waals surface area contributed by atoms with E-state index < -0.39 is 0 Å². The van der Waals surface area contributed by atoms with Gasteiger partial charge in [0.15, 0.2) is 5.82 Å². The Balaban J connectivity index is 2.09. The summed E-state index contributed by atoms with van der Waals surface area (Å²) in [6, 6.07) is 0.275. The number of aromatic nitrogens is 2. The summed E-state index contributed by atoms with van der Waals surface area (Å²) in [5.41, 5.74) is 0. The molecule has 1 aromatic heterocycles. The highest BCUT2D eigenvalue weighted by Gasteiger charge is 2.27. The van der Waals surface area contributed by atoms with Crippen LogP contribution in [0.3, 0.4) is 0 Å². The molecule has 6 heteroatoms. The third-order valence-electron chi connectivity index (χ3n) is 3.16. The molecule has 0 radical (unpaired) electrons. The van der Waals surface area contributed by atoms with Crippen molar-refractivity contribution in [2.75, 3.05) is 24.3 Å². The second-order valence-electron chi connectivity index (χ2n) is 4.38. The van der Waals surface area contributed by atoms with Gasteiger partial charge in [0.25, 0.3) is 0 Å². The first-order chi connectivity index (χ1) is 8.74. The van der Waals surface area contributed by atoms with Crippen molar-refractivity contribution in [1.29, 1.82) is 0 Å². The lowest BCUT2D eigenvalue weighted by atomic mass is 10.2. The highest BCUT2D eigenvalue weighted by molar-refractivity contribution is 6.32.